The van der Waals surface area contributed by atoms with Crippen molar-refractivity contribution < 1.29 is 31.9 Å². The fraction of sp³-hybridized carbons (Fsp3) is 0.292. The molecule has 1 aliphatic heterocycles. The highest BCUT2D eigenvalue weighted by Gasteiger charge is 2.44. The van der Waals surface area contributed by atoms with Crippen molar-refractivity contribution in [3.63, 3.8) is 0 Å². The van der Waals surface area contributed by atoms with Crippen molar-refractivity contribution in [2.24, 2.45) is 0 Å². The number of benzene rings is 1. The summed E-state index contributed by atoms with van der Waals surface area (Å²) in [6, 6.07) is 3.55. The van der Waals surface area contributed by atoms with Gasteiger partial charge in [0.05, 0.1) is 52.6 Å². The predicted octanol–water partition coefficient (Wildman–Crippen LogP) is 3.67. The Morgan fingerprint density at radius 1 is 1.13 bits per heavy atom. The molecule has 0 saturated carbocycles. The number of anilines is 3. The minimum absolute atomic E-state index is 0.0542. The van der Waals surface area contributed by atoms with E-state index in [-0.39, 0.29) is 53.8 Å². The van der Waals surface area contributed by atoms with Crippen molar-refractivity contribution in [2.45, 2.75) is 24.7 Å². The zero-order valence-corrected chi connectivity index (χ0v) is 21.1. The summed E-state index contributed by atoms with van der Waals surface area (Å²) in [5.74, 6) is -1.81. The molecule has 3 heterocycles. The number of nitrogens with zero attached hydrogens (tertiary/aromatic N) is 3. The summed E-state index contributed by atoms with van der Waals surface area (Å²) in [7, 11) is 1.63. The molecule has 3 aromatic rings. The van der Waals surface area contributed by atoms with Gasteiger partial charge in [-0.15, -0.1) is 0 Å². The van der Waals surface area contributed by atoms with Gasteiger partial charge in [0.1, 0.15) is 11.4 Å². The van der Waals surface area contributed by atoms with Crippen LogP contribution in [0.15, 0.2) is 42.9 Å². The molecule has 1 aromatic carbocycles. The van der Waals surface area contributed by atoms with Gasteiger partial charge in [-0.05, 0) is 24.3 Å². The van der Waals surface area contributed by atoms with Crippen molar-refractivity contribution in [3.8, 4) is 0 Å². The van der Waals surface area contributed by atoms with Crippen molar-refractivity contribution in [1.29, 1.82) is 0 Å². The van der Waals surface area contributed by atoms with Gasteiger partial charge in [0.15, 0.2) is 0 Å². The zero-order chi connectivity index (χ0) is 28.2. The smallest absolute Gasteiger partial charge is 0.378 e. The van der Waals surface area contributed by atoms with Crippen LogP contribution in [0.5, 0.6) is 0 Å². The van der Waals surface area contributed by atoms with E-state index in [0.717, 1.165) is 12.1 Å². The maximum absolute atomic E-state index is 13.4. The fourth-order valence-electron chi connectivity index (χ4n) is 3.78. The monoisotopic (exact) mass is 567 g/mol. The van der Waals surface area contributed by atoms with E-state index in [4.69, 9.17) is 16.3 Å². The standard InChI is InChI=1S/C24H22ClF4N7O3/c1-30-22-33-8-13(9-34-22)20(37)36-23(4-5-39-12-23)21(38)32-11-19-17(25)7-15(10-31-19)35-18-3-2-14(26)6-16(18)24(27,28)29/h2-3,6-10,35H,4-5,11-12H2,1H3,(H,32,38)(H,36,37)(H,30,33,34)/t23-/m0/s1. The molecule has 1 aliphatic rings. The molecule has 4 rings (SSSR count). The number of carbonyl (C=O) groups excluding carboxylic acids is 2. The molecular formula is C24H22ClF4N7O3. The Hall–Kier alpha value is -4.04. The normalized spacial score (nSPS) is 17.0. The van der Waals surface area contributed by atoms with Crippen LogP contribution in [0.4, 0.5) is 34.9 Å². The topological polar surface area (TPSA) is 130 Å². The van der Waals surface area contributed by atoms with Gasteiger partial charge < -0.3 is 26.0 Å². The molecule has 2 aromatic heterocycles. The third-order valence-electron chi connectivity index (χ3n) is 5.85. The van der Waals surface area contributed by atoms with E-state index < -0.39 is 34.9 Å². The average Bonchev–Trinajstić information content (AvgIpc) is 3.38. The minimum Gasteiger partial charge on any atom is -0.378 e. The van der Waals surface area contributed by atoms with Gasteiger partial charge in [0, 0.05) is 32.5 Å². The second kappa shape index (κ2) is 11.4. The first-order chi connectivity index (χ1) is 18.5. The van der Waals surface area contributed by atoms with E-state index >= 15 is 0 Å². The largest absolute Gasteiger partial charge is 0.418 e. The number of halogens is 5. The van der Waals surface area contributed by atoms with Crippen LogP contribution >= 0.6 is 11.6 Å². The van der Waals surface area contributed by atoms with E-state index in [1.165, 1.54) is 24.7 Å². The van der Waals surface area contributed by atoms with Crippen LogP contribution in [0.1, 0.15) is 28.0 Å². The summed E-state index contributed by atoms with van der Waals surface area (Å²) in [6.07, 6.45) is -0.716. The third kappa shape index (κ3) is 6.52. The first kappa shape index (κ1) is 28.0. The van der Waals surface area contributed by atoms with E-state index in [1.54, 1.807) is 7.05 Å². The lowest BCUT2D eigenvalue weighted by atomic mass is 9.96. The number of hydrogen-bond acceptors (Lipinski definition) is 8. The number of ether oxygens (including phenoxy) is 1. The van der Waals surface area contributed by atoms with E-state index in [2.05, 4.69) is 36.2 Å². The van der Waals surface area contributed by atoms with Crippen LogP contribution in [-0.4, -0.2) is 52.6 Å². The fourth-order valence-corrected chi connectivity index (χ4v) is 4.01. The highest BCUT2D eigenvalue weighted by Crippen LogP contribution is 2.36. The molecule has 1 saturated heterocycles. The van der Waals surface area contributed by atoms with Crippen molar-refractivity contribution in [1.82, 2.24) is 25.6 Å². The Morgan fingerprint density at radius 3 is 2.49 bits per heavy atom. The van der Waals surface area contributed by atoms with Crippen molar-refractivity contribution >= 4 is 40.7 Å². The lowest BCUT2D eigenvalue weighted by molar-refractivity contribution is -0.137. The number of rotatable bonds is 8. The van der Waals surface area contributed by atoms with Gasteiger partial charge >= 0.3 is 6.18 Å². The lowest BCUT2D eigenvalue weighted by Gasteiger charge is -2.27. The number of amides is 2. The van der Waals surface area contributed by atoms with Crippen LogP contribution in [-0.2, 0) is 22.3 Å². The Balaban J connectivity index is 1.43. The number of aromatic nitrogens is 3. The first-order valence-electron chi connectivity index (χ1n) is 11.5. The van der Waals surface area contributed by atoms with Gasteiger partial charge in [0.2, 0.25) is 11.9 Å². The highest BCUT2D eigenvalue weighted by atomic mass is 35.5. The number of alkyl halides is 3. The van der Waals surface area contributed by atoms with Crippen LogP contribution in [0.3, 0.4) is 0 Å². The maximum atomic E-state index is 13.4. The number of carbonyl (C=O) groups is 2. The average molecular weight is 568 g/mol. The number of hydrogen-bond donors (Lipinski definition) is 4. The van der Waals surface area contributed by atoms with Gasteiger partial charge in [-0.3, -0.25) is 14.6 Å². The molecule has 0 unspecified atom stereocenters. The molecule has 0 aliphatic carbocycles. The minimum atomic E-state index is -4.79. The van der Waals surface area contributed by atoms with Crippen molar-refractivity contribution in [3.05, 3.63) is 70.5 Å². The molecule has 15 heteroatoms. The molecule has 2 amide bonds. The summed E-state index contributed by atoms with van der Waals surface area (Å²) in [6.45, 7) is 0.0364. The Kier molecular flexibility index (Phi) is 8.16. The summed E-state index contributed by atoms with van der Waals surface area (Å²) in [4.78, 5) is 38.0. The summed E-state index contributed by atoms with van der Waals surface area (Å²) >= 11 is 6.27. The van der Waals surface area contributed by atoms with Gasteiger partial charge in [-0.1, -0.05) is 11.6 Å². The number of nitrogens with one attached hydrogen (secondary N) is 4. The molecule has 0 radical (unpaired) electrons. The first-order valence-corrected chi connectivity index (χ1v) is 11.8. The molecular weight excluding hydrogens is 546 g/mol. The Labute approximate surface area is 224 Å². The molecule has 4 N–H and O–H groups in total. The van der Waals surface area contributed by atoms with E-state index in [0.29, 0.717) is 12.0 Å². The maximum Gasteiger partial charge on any atom is 0.418 e. The highest BCUT2D eigenvalue weighted by molar-refractivity contribution is 6.31. The van der Waals surface area contributed by atoms with Gasteiger partial charge in [-0.2, -0.15) is 13.2 Å². The molecule has 0 spiro atoms. The molecule has 1 fully saturated rings. The number of pyridine rings is 1. The summed E-state index contributed by atoms with van der Waals surface area (Å²) < 4.78 is 58.6. The van der Waals surface area contributed by atoms with E-state index in [1.807, 2.05) is 0 Å². The molecule has 10 nitrogen and oxygen atoms in total. The van der Waals surface area contributed by atoms with Crippen LogP contribution in [0.25, 0.3) is 0 Å². The summed E-state index contributed by atoms with van der Waals surface area (Å²) in [5.41, 5.74) is -2.44. The van der Waals surface area contributed by atoms with Crippen LogP contribution in [0, 0.1) is 5.82 Å². The summed E-state index contributed by atoms with van der Waals surface area (Å²) in [5, 5.41) is 10.7. The van der Waals surface area contributed by atoms with E-state index in [9.17, 15) is 27.2 Å². The van der Waals surface area contributed by atoms with Crippen molar-refractivity contribution in [2.75, 3.05) is 30.9 Å². The lowest BCUT2D eigenvalue weighted by Crippen LogP contribution is -2.59. The molecule has 1 atom stereocenters. The van der Waals surface area contributed by atoms with Gasteiger partial charge in [-0.25, -0.2) is 14.4 Å². The molecule has 0 bridgehead atoms. The van der Waals surface area contributed by atoms with Gasteiger partial charge in [0.25, 0.3) is 5.91 Å². The van der Waals surface area contributed by atoms with Crippen LogP contribution < -0.4 is 21.3 Å². The van der Waals surface area contributed by atoms with Crippen LogP contribution in [0.2, 0.25) is 5.02 Å². The Morgan fingerprint density at radius 2 is 1.87 bits per heavy atom. The zero-order valence-electron chi connectivity index (χ0n) is 20.3. The second-order valence-electron chi connectivity index (χ2n) is 8.53. The quantitative estimate of drug-likeness (QED) is 0.303. The SMILES string of the molecule is CNc1ncc(C(=O)N[C@@]2(C(=O)NCc3ncc(Nc4ccc(F)cc4C(F)(F)F)cc3Cl)CCOC2)cn1. The Bertz CT molecular complexity index is 1370. The third-order valence-corrected chi connectivity index (χ3v) is 6.17. The predicted molar refractivity (Wildman–Crippen MR) is 133 cm³/mol. The second-order valence-corrected chi connectivity index (χ2v) is 8.94. The molecule has 39 heavy (non-hydrogen) atoms. The molecule has 206 valence electrons.